The number of benzene rings is 1. The minimum absolute atomic E-state index is 0.157. The second kappa shape index (κ2) is 10.7. The number of likely N-dealkylation sites (tertiary alicyclic amines) is 1. The number of nitrogens with one attached hydrogen (secondary N) is 2. The molecule has 2 saturated heterocycles. The first-order valence-corrected chi connectivity index (χ1v) is 10.7. The number of guanidine groups is 1. The van der Waals surface area contributed by atoms with Gasteiger partial charge in [-0.15, -0.1) is 0 Å². The molecule has 2 fully saturated rings. The van der Waals surface area contributed by atoms with E-state index < -0.39 is 0 Å². The van der Waals surface area contributed by atoms with Crippen molar-refractivity contribution in [2.24, 2.45) is 4.99 Å². The fourth-order valence-electron chi connectivity index (χ4n) is 3.91. The van der Waals surface area contributed by atoms with E-state index in [9.17, 15) is 0 Å². The first kappa shape index (κ1) is 20.9. The van der Waals surface area contributed by atoms with E-state index in [2.05, 4.69) is 52.6 Å². The molecule has 3 rings (SSSR count). The average molecular weight is 389 g/mol. The summed E-state index contributed by atoms with van der Waals surface area (Å²) in [6, 6.07) is 7.07. The van der Waals surface area contributed by atoms with Gasteiger partial charge >= 0.3 is 0 Å². The highest BCUT2D eigenvalue weighted by molar-refractivity contribution is 5.79. The molecule has 0 saturated carbocycles. The van der Waals surface area contributed by atoms with Gasteiger partial charge in [0.1, 0.15) is 11.9 Å². The monoisotopic (exact) mass is 388 g/mol. The molecule has 0 bridgehead atoms. The number of aliphatic imine (C=N–C) groups is 1. The highest BCUT2D eigenvalue weighted by atomic mass is 16.5. The van der Waals surface area contributed by atoms with Crippen LogP contribution in [0.3, 0.4) is 0 Å². The zero-order valence-electron chi connectivity index (χ0n) is 17.7. The molecule has 1 aromatic carbocycles. The van der Waals surface area contributed by atoms with E-state index in [1.54, 1.807) is 0 Å². The van der Waals surface area contributed by atoms with Crippen LogP contribution in [-0.4, -0.2) is 62.9 Å². The Labute approximate surface area is 169 Å². The van der Waals surface area contributed by atoms with Gasteiger partial charge in [-0.2, -0.15) is 0 Å². The molecule has 0 radical (unpaired) electrons. The molecule has 0 aromatic heterocycles. The normalized spacial score (nSPS) is 23.6. The van der Waals surface area contributed by atoms with Crippen LogP contribution in [0.5, 0.6) is 5.75 Å². The topological polar surface area (TPSA) is 58.1 Å². The van der Waals surface area contributed by atoms with Crippen molar-refractivity contribution in [2.75, 3.05) is 39.9 Å². The lowest BCUT2D eigenvalue weighted by molar-refractivity contribution is 0.140. The van der Waals surface area contributed by atoms with E-state index >= 15 is 0 Å². The molecule has 0 amide bonds. The Morgan fingerprint density at radius 1 is 1.29 bits per heavy atom. The second-order valence-electron chi connectivity index (χ2n) is 7.95. The van der Waals surface area contributed by atoms with Gasteiger partial charge in [-0.3, -0.25) is 9.89 Å². The van der Waals surface area contributed by atoms with Crippen LogP contribution in [0.15, 0.2) is 23.2 Å². The van der Waals surface area contributed by atoms with Gasteiger partial charge in [0.2, 0.25) is 0 Å². The van der Waals surface area contributed by atoms with Gasteiger partial charge in [0.15, 0.2) is 5.96 Å². The largest absolute Gasteiger partial charge is 0.488 e. The lowest BCUT2D eigenvalue weighted by Crippen LogP contribution is -2.45. The van der Waals surface area contributed by atoms with Crippen molar-refractivity contribution < 1.29 is 9.47 Å². The average Bonchev–Trinajstić information content (AvgIpc) is 3.20. The van der Waals surface area contributed by atoms with Gasteiger partial charge < -0.3 is 20.1 Å². The summed E-state index contributed by atoms with van der Waals surface area (Å²) in [7, 11) is 1.82. The number of rotatable bonds is 7. The fourth-order valence-corrected chi connectivity index (χ4v) is 3.91. The molecule has 1 aromatic rings. The summed E-state index contributed by atoms with van der Waals surface area (Å²) >= 11 is 0. The molecule has 6 nitrogen and oxygen atoms in total. The van der Waals surface area contributed by atoms with Gasteiger partial charge in [0, 0.05) is 44.7 Å². The Morgan fingerprint density at radius 2 is 2.18 bits per heavy atom. The summed E-state index contributed by atoms with van der Waals surface area (Å²) in [6.07, 6.45) is 5.11. The lowest BCUT2D eigenvalue weighted by atomic mass is 10.0. The van der Waals surface area contributed by atoms with E-state index in [1.807, 2.05) is 7.05 Å². The summed E-state index contributed by atoms with van der Waals surface area (Å²) in [5.41, 5.74) is 2.35. The van der Waals surface area contributed by atoms with Crippen LogP contribution in [0.25, 0.3) is 0 Å². The minimum atomic E-state index is 0.157. The summed E-state index contributed by atoms with van der Waals surface area (Å²) in [6.45, 7) is 9.75. The Hall–Kier alpha value is -1.79. The molecule has 2 aliphatic rings. The number of aryl methyl sites for hydroxylation is 1. The molecule has 6 heteroatoms. The third-order valence-corrected chi connectivity index (χ3v) is 5.71. The first-order chi connectivity index (χ1) is 13.7. The van der Waals surface area contributed by atoms with Crippen LogP contribution in [-0.2, 0) is 11.3 Å². The van der Waals surface area contributed by atoms with E-state index in [4.69, 9.17) is 9.47 Å². The van der Waals surface area contributed by atoms with Crippen LogP contribution in [0, 0.1) is 6.92 Å². The van der Waals surface area contributed by atoms with Gasteiger partial charge in [-0.1, -0.05) is 18.6 Å². The summed E-state index contributed by atoms with van der Waals surface area (Å²) in [5.74, 6) is 1.78. The van der Waals surface area contributed by atoms with Crippen molar-refractivity contribution in [3.63, 3.8) is 0 Å². The molecule has 2 heterocycles. The van der Waals surface area contributed by atoms with Gasteiger partial charge in [0.25, 0.3) is 0 Å². The zero-order chi connectivity index (χ0) is 19.8. The summed E-state index contributed by atoms with van der Waals surface area (Å²) < 4.78 is 11.6. The zero-order valence-corrected chi connectivity index (χ0v) is 17.7. The van der Waals surface area contributed by atoms with Gasteiger partial charge in [0.05, 0.1) is 13.2 Å². The Kier molecular flexibility index (Phi) is 7.98. The smallest absolute Gasteiger partial charge is 0.191 e. The third kappa shape index (κ3) is 6.11. The summed E-state index contributed by atoms with van der Waals surface area (Å²) in [5, 5.41) is 6.88. The second-order valence-corrected chi connectivity index (χ2v) is 7.95. The van der Waals surface area contributed by atoms with Crippen molar-refractivity contribution >= 4 is 5.96 Å². The van der Waals surface area contributed by atoms with Crippen molar-refractivity contribution in [3.05, 3.63) is 29.3 Å². The maximum absolute atomic E-state index is 6.19. The maximum Gasteiger partial charge on any atom is 0.191 e. The molecule has 2 N–H and O–H groups in total. The van der Waals surface area contributed by atoms with Crippen LogP contribution < -0.4 is 15.4 Å². The predicted octanol–water partition coefficient (Wildman–Crippen LogP) is 2.70. The maximum atomic E-state index is 6.19. The molecule has 28 heavy (non-hydrogen) atoms. The third-order valence-electron chi connectivity index (χ3n) is 5.71. The highest BCUT2D eigenvalue weighted by Gasteiger charge is 2.19. The number of hydrogen-bond acceptors (Lipinski definition) is 4. The first-order valence-electron chi connectivity index (χ1n) is 10.7. The number of hydrogen-bond donors (Lipinski definition) is 2. The van der Waals surface area contributed by atoms with E-state index in [1.165, 1.54) is 31.4 Å². The van der Waals surface area contributed by atoms with Crippen molar-refractivity contribution in [1.82, 2.24) is 15.5 Å². The number of piperidine rings is 1. The van der Waals surface area contributed by atoms with Gasteiger partial charge in [-0.25, -0.2) is 0 Å². The highest BCUT2D eigenvalue weighted by Crippen LogP contribution is 2.23. The standard InChI is InChI=1S/C22H36N4O2/c1-17-7-8-19(21(14-17)28-20-9-13-27-16-20)15-25-22(23-3)24-10-12-26-11-5-4-6-18(26)2/h7-8,14,18,20H,4-6,9-13,15-16H2,1-3H3,(H2,23,24,25). The van der Waals surface area contributed by atoms with E-state index in [0.29, 0.717) is 19.2 Å². The van der Waals surface area contributed by atoms with Crippen molar-refractivity contribution in [1.29, 1.82) is 0 Å². The predicted molar refractivity (Wildman–Crippen MR) is 114 cm³/mol. The molecular formula is C22H36N4O2. The molecule has 2 aliphatic heterocycles. The number of nitrogens with zero attached hydrogens (tertiary/aromatic N) is 2. The van der Waals surface area contributed by atoms with Gasteiger partial charge in [-0.05, 0) is 44.9 Å². The van der Waals surface area contributed by atoms with Crippen LogP contribution in [0.2, 0.25) is 0 Å². The molecule has 2 atom stereocenters. The van der Waals surface area contributed by atoms with E-state index in [0.717, 1.165) is 43.4 Å². The Balaban J connectivity index is 1.48. The fraction of sp³-hybridized carbons (Fsp3) is 0.682. The van der Waals surface area contributed by atoms with Crippen molar-refractivity contribution in [2.45, 2.75) is 58.2 Å². The molecule has 156 valence electrons. The number of ether oxygens (including phenoxy) is 2. The minimum Gasteiger partial charge on any atom is -0.488 e. The molecular weight excluding hydrogens is 352 g/mol. The molecule has 2 unspecified atom stereocenters. The SMILES string of the molecule is CN=C(NCCN1CCCCC1C)NCc1ccc(C)cc1OC1CCOC1. The van der Waals surface area contributed by atoms with Crippen LogP contribution in [0.1, 0.15) is 43.7 Å². The molecule has 0 aliphatic carbocycles. The van der Waals surface area contributed by atoms with E-state index in [-0.39, 0.29) is 6.10 Å². The Morgan fingerprint density at radius 3 is 2.93 bits per heavy atom. The Bertz CT molecular complexity index is 643. The van der Waals surface area contributed by atoms with Crippen molar-refractivity contribution in [3.8, 4) is 5.75 Å². The lowest BCUT2D eigenvalue weighted by Gasteiger charge is -2.33. The molecule has 0 spiro atoms. The van der Waals surface area contributed by atoms with Crippen LogP contribution >= 0.6 is 0 Å². The van der Waals surface area contributed by atoms with Crippen LogP contribution in [0.4, 0.5) is 0 Å². The summed E-state index contributed by atoms with van der Waals surface area (Å²) in [4.78, 5) is 6.94. The quantitative estimate of drug-likeness (QED) is 0.556.